The smallest absolute Gasteiger partial charge is 0.229 e. The summed E-state index contributed by atoms with van der Waals surface area (Å²) in [5, 5.41) is 70.1. The van der Waals surface area contributed by atoms with Gasteiger partial charge in [0, 0.05) is 6.07 Å². The van der Waals surface area contributed by atoms with Gasteiger partial charge >= 0.3 is 0 Å². The normalized spacial score (nSPS) is 33.5. The second-order valence-corrected chi connectivity index (χ2v) is 9.37. The summed E-state index contributed by atoms with van der Waals surface area (Å²) in [6.45, 7) is 0.520. The standard InChI is InChI=1S/C26H30O12/c1-26(34)12-35-25(23(26)33)38-22-21(32)20(31)19(11-27)37-24(22)36-15-6-2-13(3-7-15)4-9-17(29)16-8-5-14(28)10-18(16)30/h2-10,19-25,27-28,30-34H,11-12H2,1H3/b9-4+/t19-,20-,21+,22-,23-,24-,25-,26-/m1/s1. The molecule has 0 aromatic heterocycles. The first-order valence-electron chi connectivity index (χ1n) is 11.8. The summed E-state index contributed by atoms with van der Waals surface area (Å²) in [5.41, 5.74) is -0.953. The van der Waals surface area contributed by atoms with E-state index in [9.17, 15) is 40.5 Å². The number of rotatable bonds is 8. The molecule has 0 spiro atoms. The third-order valence-corrected chi connectivity index (χ3v) is 6.36. The predicted molar refractivity (Wildman–Crippen MR) is 129 cm³/mol. The number of benzene rings is 2. The Morgan fingerprint density at radius 2 is 1.79 bits per heavy atom. The van der Waals surface area contributed by atoms with Crippen LogP contribution in [0.4, 0.5) is 0 Å². The molecule has 8 atom stereocenters. The van der Waals surface area contributed by atoms with E-state index in [0.717, 1.165) is 6.07 Å². The van der Waals surface area contributed by atoms with Gasteiger partial charge in [-0.2, -0.15) is 0 Å². The molecule has 2 aromatic rings. The van der Waals surface area contributed by atoms with E-state index in [1.807, 2.05) is 0 Å². The number of aliphatic hydroxyl groups is 5. The maximum Gasteiger partial charge on any atom is 0.229 e. The quantitative estimate of drug-likeness (QED) is 0.172. The number of carbonyl (C=O) groups excluding carboxylic acids is 1. The molecule has 0 bridgehead atoms. The Hall–Kier alpha value is -3.07. The molecular formula is C26H30O12. The number of carbonyl (C=O) groups is 1. The van der Waals surface area contributed by atoms with Gasteiger partial charge in [0.05, 0.1) is 18.8 Å². The predicted octanol–water partition coefficient (Wildman–Crippen LogP) is -0.335. The molecule has 0 unspecified atom stereocenters. The largest absolute Gasteiger partial charge is 0.508 e. The first-order chi connectivity index (χ1) is 18.0. The molecule has 2 saturated heterocycles. The third kappa shape index (κ3) is 5.98. The fourth-order valence-corrected chi connectivity index (χ4v) is 4.07. The first-order valence-corrected chi connectivity index (χ1v) is 11.8. The van der Waals surface area contributed by atoms with Crippen LogP contribution in [0.2, 0.25) is 0 Å². The third-order valence-electron chi connectivity index (χ3n) is 6.36. The average molecular weight is 535 g/mol. The van der Waals surface area contributed by atoms with Crippen molar-refractivity contribution in [1.29, 1.82) is 0 Å². The van der Waals surface area contributed by atoms with Crippen molar-refractivity contribution < 1.29 is 59.5 Å². The van der Waals surface area contributed by atoms with Crippen LogP contribution in [-0.2, 0) is 14.2 Å². The van der Waals surface area contributed by atoms with E-state index in [2.05, 4.69) is 0 Å². The minimum atomic E-state index is -1.59. The molecule has 2 aliphatic heterocycles. The van der Waals surface area contributed by atoms with Crippen LogP contribution in [0.3, 0.4) is 0 Å². The molecule has 2 aliphatic rings. The maximum atomic E-state index is 12.3. The number of aliphatic hydroxyl groups excluding tert-OH is 4. The monoisotopic (exact) mass is 534 g/mol. The average Bonchev–Trinajstić information content (AvgIpc) is 3.14. The lowest BCUT2D eigenvalue weighted by atomic mass is 9.98. The Balaban J connectivity index is 1.46. The molecule has 2 fully saturated rings. The zero-order chi connectivity index (χ0) is 27.6. The number of hydrogen-bond acceptors (Lipinski definition) is 12. The molecule has 0 amide bonds. The van der Waals surface area contributed by atoms with Crippen LogP contribution in [0, 0.1) is 0 Å². The van der Waals surface area contributed by atoms with Gasteiger partial charge in [0.25, 0.3) is 0 Å². The molecule has 4 rings (SSSR count). The molecule has 0 aliphatic carbocycles. The highest BCUT2D eigenvalue weighted by Crippen LogP contribution is 2.32. The number of ketones is 1. The summed E-state index contributed by atoms with van der Waals surface area (Å²) in [7, 11) is 0. The van der Waals surface area contributed by atoms with Gasteiger partial charge < -0.3 is 54.7 Å². The van der Waals surface area contributed by atoms with Crippen LogP contribution in [0.5, 0.6) is 17.2 Å². The molecule has 12 heteroatoms. The van der Waals surface area contributed by atoms with Crippen molar-refractivity contribution in [2.45, 2.75) is 55.6 Å². The number of ether oxygens (including phenoxy) is 4. The molecule has 12 nitrogen and oxygen atoms in total. The van der Waals surface area contributed by atoms with E-state index in [1.54, 1.807) is 24.3 Å². The highest BCUT2D eigenvalue weighted by molar-refractivity contribution is 6.08. The Kier molecular flexibility index (Phi) is 8.35. The van der Waals surface area contributed by atoms with Crippen LogP contribution < -0.4 is 4.74 Å². The lowest BCUT2D eigenvalue weighted by Gasteiger charge is -2.42. The first kappa shape index (κ1) is 28.0. The van der Waals surface area contributed by atoms with Crippen molar-refractivity contribution in [3.63, 3.8) is 0 Å². The SMILES string of the molecule is C[C@@]1(O)CO[C@H](O[C@H]2[C@H](Oc3ccc(/C=C/C(=O)c4ccc(O)cc4O)cc3)O[C@H](CO)[C@@H](O)[C@@H]2O)[C@H]1O. The van der Waals surface area contributed by atoms with Crippen LogP contribution >= 0.6 is 0 Å². The van der Waals surface area contributed by atoms with Crippen molar-refractivity contribution in [3.8, 4) is 17.2 Å². The summed E-state index contributed by atoms with van der Waals surface area (Å²) < 4.78 is 22.4. The van der Waals surface area contributed by atoms with E-state index < -0.39 is 61.1 Å². The molecule has 2 heterocycles. The lowest BCUT2D eigenvalue weighted by molar-refractivity contribution is -0.318. The molecule has 2 aromatic carbocycles. The van der Waals surface area contributed by atoms with Crippen molar-refractivity contribution >= 4 is 11.9 Å². The van der Waals surface area contributed by atoms with Crippen LogP contribution in [-0.4, -0.2) is 103 Å². The lowest BCUT2D eigenvalue weighted by Crippen LogP contribution is -2.62. The number of phenols is 2. The fraction of sp³-hybridized carbons (Fsp3) is 0.423. The van der Waals surface area contributed by atoms with Gasteiger partial charge in [-0.05, 0) is 42.8 Å². The second-order valence-electron chi connectivity index (χ2n) is 9.37. The molecule has 0 saturated carbocycles. The number of aromatic hydroxyl groups is 2. The van der Waals surface area contributed by atoms with E-state index in [1.165, 1.54) is 31.2 Å². The van der Waals surface area contributed by atoms with Crippen LogP contribution in [0.25, 0.3) is 6.08 Å². The van der Waals surface area contributed by atoms with E-state index in [0.29, 0.717) is 5.56 Å². The topological polar surface area (TPSA) is 196 Å². The van der Waals surface area contributed by atoms with Crippen molar-refractivity contribution in [3.05, 3.63) is 59.7 Å². The van der Waals surface area contributed by atoms with E-state index >= 15 is 0 Å². The molecule has 38 heavy (non-hydrogen) atoms. The zero-order valence-electron chi connectivity index (χ0n) is 20.3. The van der Waals surface area contributed by atoms with Crippen molar-refractivity contribution in [2.24, 2.45) is 0 Å². The summed E-state index contributed by atoms with van der Waals surface area (Å²) in [4.78, 5) is 12.3. The number of allylic oxidation sites excluding steroid dienone is 1. The summed E-state index contributed by atoms with van der Waals surface area (Å²) in [5.74, 6) is -0.737. The van der Waals surface area contributed by atoms with Gasteiger partial charge in [-0.15, -0.1) is 0 Å². The zero-order valence-corrected chi connectivity index (χ0v) is 20.3. The Bertz CT molecular complexity index is 1150. The Morgan fingerprint density at radius 3 is 2.39 bits per heavy atom. The summed E-state index contributed by atoms with van der Waals surface area (Å²) in [6.07, 6.45) is -7.02. The highest BCUT2D eigenvalue weighted by Gasteiger charge is 2.52. The highest BCUT2D eigenvalue weighted by atomic mass is 16.8. The van der Waals surface area contributed by atoms with Crippen molar-refractivity contribution in [2.75, 3.05) is 13.2 Å². The van der Waals surface area contributed by atoms with Gasteiger partial charge in [-0.3, -0.25) is 4.79 Å². The van der Waals surface area contributed by atoms with Gasteiger partial charge in [0.2, 0.25) is 6.29 Å². The van der Waals surface area contributed by atoms with Crippen molar-refractivity contribution in [1.82, 2.24) is 0 Å². The maximum absolute atomic E-state index is 12.3. The van der Waals surface area contributed by atoms with Crippen LogP contribution in [0.15, 0.2) is 48.5 Å². The van der Waals surface area contributed by atoms with E-state index in [-0.39, 0.29) is 29.4 Å². The van der Waals surface area contributed by atoms with Gasteiger partial charge in [-0.25, -0.2) is 0 Å². The minimum absolute atomic E-state index is 0.0246. The molecular weight excluding hydrogens is 504 g/mol. The molecule has 0 radical (unpaired) electrons. The molecule has 206 valence electrons. The van der Waals surface area contributed by atoms with Crippen LogP contribution in [0.1, 0.15) is 22.8 Å². The van der Waals surface area contributed by atoms with E-state index in [4.69, 9.17) is 18.9 Å². The number of hydrogen-bond donors (Lipinski definition) is 7. The minimum Gasteiger partial charge on any atom is -0.508 e. The fourth-order valence-electron chi connectivity index (χ4n) is 4.07. The second kappa shape index (κ2) is 11.4. The number of phenolic OH excluding ortho intramolecular Hbond substituents is 2. The Labute approximate surface area is 217 Å². The summed E-state index contributed by atoms with van der Waals surface area (Å²) in [6, 6.07) is 9.97. The van der Waals surface area contributed by atoms with Gasteiger partial charge in [-0.1, -0.05) is 18.2 Å². The summed E-state index contributed by atoms with van der Waals surface area (Å²) >= 11 is 0. The van der Waals surface area contributed by atoms with Gasteiger partial charge in [0.15, 0.2) is 18.2 Å². The molecule has 7 N–H and O–H groups in total. The van der Waals surface area contributed by atoms with Gasteiger partial charge in [0.1, 0.15) is 47.3 Å². The Morgan fingerprint density at radius 1 is 1.08 bits per heavy atom.